The van der Waals surface area contributed by atoms with Gasteiger partial charge in [0.25, 0.3) is 0 Å². The molecule has 0 aliphatic heterocycles. The summed E-state index contributed by atoms with van der Waals surface area (Å²) in [5.41, 5.74) is 5.81. The van der Waals surface area contributed by atoms with E-state index in [1.807, 2.05) is 27.7 Å². The van der Waals surface area contributed by atoms with Crippen molar-refractivity contribution in [3.63, 3.8) is 0 Å². The van der Waals surface area contributed by atoms with Gasteiger partial charge in [-0.1, -0.05) is 26.7 Å². The largest absolute Gasteiger partial charge is 0.469 e. The number of nitrogens with one attached hydrogen (secondary N) is 2. The lowest BCUT2D eigenvalue weighted by Crippen LogP contribution is -2.08. The van der Waals surface area contributed by atoms with Crippen molar-refractivity contribution in [2.75, 3.05) is 34.0 Å². The van der Waals surface area contributed by atoms with E-state index in [2.05, 4.69) is 9.97 Å². The number of carbonyl (C=O) groups excluding carboxylic acids is 3. The van der Waals surface area contributed by atoms with Gasteiger partial charge < -0.3 is 24.2 Å². The first-order valence-electron chi connectivity index (χ1n) is 13.8. The number of methoxy groups -OCH3 is 1. The maximum absolute atomic E-state index is 12.9. The number of ether oxygens (including phenoxy) is 3. The molecule has 0 saturated carbocycles. The number of hydrogen-bond acceptors (Lipinski definition) is 8. The fourth-order valence-electron chi connectivity index (χ4n) is 4.44. The van der Waals surface area contributed by atoms with Gasteiger partial charge in [0.05, 0.1) is 34.0 Å². The van der Waals surface area contributed by atoms with Gasteiger partial charge in [0.15, 0.2) is 0 Å². The molecule has 0 fully saturated rings. The minimum absolute atomic E-state index is 0.173. The first-order chi connectivity index (χ1) is 18.8. The van der Waals surface area contributed by atoms with E-state index in [1.165, 1.54) is 14.2 Å². The second kappa shape index (κ2) is 16.8. The maximum Gasteiger partial charge on any atom is 0.355 e. The van der Waals surface area contributed by atoms with Crippen LogP contribution in [0.1, 0.15) is 107 Å². The van der Waals surface area contributed by atoms with E-state index in [9.17, 15) is 14.4 Å². The summed E-state index contributed by atoms with van der Waals surface area (Å²) in [6, 6.07) is 0. The van der Waals surface area contributed by atoms with Crippen LogP contribution in [-0.4, -0.2) is 61.9 Å². The summed E-state index contributed by atoms with van der Waals surface area (Å²) in [4.78, 5) is 54.0. The molecule has 0 atom stereocenters. The average molecular weight is 549 g/mol. The second-order valence-corrected chi connectivity index (χ2v) is 9.49. The van der Waals surface area contributed by atoms with Crippen molar-refractivity contribution in [1.29, 1.82) is 0 Å². The molecule has 10 nitrogen and oxygen atoms in total. The van der Waals surface area contributed by atoms with Crippen LogP contribution in [0.15, 0.2) is 0 Å². The number of hydrogen-bond donors (Lipinski definition) is 2. The standard InChI is InChI=1S/C29H44N2O8/c1-7-9-15-37-28(33)26-19(3)21(12-11-17-39-36-6)23(30-26)18-24-22(13-14-25(32)35-5)20(4)27(31-24)29(34)38-16-10-8-2/h30-31H,7-18H2,1-6H3. The molecule has 218 valence electrons. The summed E-state index contributed by atoms with van der Waals surface area (Å²) in [5, 5.41) is 0. The number of aromatic amines is 2. The number of aromatic nitrogens is 2. The van der Waals surface area contributed by atoms with Crippen LogP contribution >= 0.6 is 0 Å². The smallest absolute Gasteiger partial charge is 0.355 e. The Bertz CT molecular complexity index is 1090. The third kappa shape index (κ3) is 9.25. The highest BCUT2D eigenvalue weighted by atomic mass is 17.2. The predicted molar refractivity (Wildman–Crippen MR) is 146 cm³/mol. The number of H-pyrrole nitrogens is 2. The summed E-state index contributed by atoms with van der Waals surface area (Å²) in [6.07, 6.45) is 5.70. The molecule has 2 aromatic heterocycles. The van der Waals surface area contributed by atoms with Gasteiger partial charge in [0.2, 0.25) is 0 Å². The minimum Gasteiger partial charge on any atom is -0.469 e. The van der Waals surface area contributed by atoms with E-state index in [0.29, 0.717) is 56.9 Å². The van der Waals surface area contributed by atoms with Gasteiger partial charge in [0.1, 0.15) is 11.4 Å². The zero-order valence-corrected chi connectivity index (χ0v) is 24.3. The van der Waals surface area contributed by atoms with Crippen molar-refractivity contribution in [3.8, 4) is 0 Å². The average Bonchev–Trinajstić information content (AvgIpc) is 3.40. The van der Waals surface area contributed by atoms with E-state index in [4.69, 9.17) is 24.0 Å². The fourth-order valence-corrected chi connectivity index (χ4v) is 4.44. The Morgan fingerprint density at radius 1 is 0.718 bits per heavy atom. The van der Waals surface area contributed by atoms with E-state index in [1.54, 1.807) is 0 Å². The van der Waals surface area contributed by atoms with E-state index in [-0.39, 0.29) is 12.4 Å². The molecule has 2 heterocycles. The van der Waals surface area contributed by atoms with E-state index >= 15 is 0 Å². The lowest BCUT2D eigenvalue weighted by Gasteiger charge is -2.08. The maximum atomic E-state index is 12.9. The molecular formula is C29H44N2O8. The van der Waals surface area contributed by atoms with E-state index in [0.717, 1.165) is 59.3 Å². The molecule has 0 unspecified atom stereocenters. The molecular weight excluding hydrogens is 504 g/mol. The van der Waals surface area contributed by atoms with Crippen LogP contribution in [0.3, 0.4) is 0 Å². The van der Waals surface area contributed by atoms with Gasteiger partial charge in [-0.05, 0) is 68.2 Å². The molecule has 0 aromatic carbocycles. The topological polar surface area (TPSA) is 129 Å². The number of esters is 3. The second-order valence-electron chi connectivity index (χ2n) is 9.49. The van der Waals surface area contributed by atoms with Gasteiger partial charge in [-0.25, -0.2) is 19.4 Å². The number of unbranched alkanes of at least 4 members (excludes halogenated alkanes) is 2. The molecule has 0 spiro atoms. The lowest BCUT2D eigenvalue weighted by molar-refractivity contribution is -0.272. The van der Waals surface area contributed by atoms with Gasteiger partial charge >= 0.3 is 17.9 Å². The molecule has 2 aromatic rings. The highest BCUT2D eigenvalue weighted by Crippen LogP contribution is 2.28. The summed E-state index contributed by atoms with van der Waals surface area (Å²) < 4.78 is 15.8. The third-order valence-corrected chi connectivity index (χ3v) is 6.74. The Morgan fingerprint density at radius 3 is 1.69 bits per heavy atom. The van der Waals surface area contributed by atoms with Crippen LogP contribution in [0, 0.1) is 13.8 Å². The molecule has 0 amide bonds. The zero-order chi connectivity index (χ0) is 28.8. The predicted octanol–water partition coefficient (Wildman–Crippen LogP) is 5.08. The number of carbonyl (C=O) groups is 3. The van der Waals surface area contributed by atoms with Crippen LogP contribution in [0.25, 0.3) is 0 Å². The SMILES string of the molecule is CCCCOC(=O)c1[nH]c(Cc2[nH]c(C(=O)OCCCC)c(C)c2CCC(=O)OC)c(CCCOOC)c1C. The molecule has 0 saturated heterocycles. The molecule has 0 aliphatic carbocycles. The van der Waals surface area contributed by atoms with Crippen molar-refractivity contribution < 1.29 is 38.4 Å². The Morgan fingerprint density at radius 2 is 1.23 bits per heavy atom. The van der Waals surface area contributed by atoms with Crippen molar-refractivity contribution in [1.82, 2.24) is 9.97 Å². The van der Waals surface area contributed by atoms with E-state index < -0.39 is 11.9 Å². The van der Waals surface area contributed by atoms with Crippen molar-refractivity contribution in [2.24, 2.45) is 0 Å². The van der Waals surface area contributed by atoms with Crippen LogP contribution in [0.2, 0.25) is 0 Å². The van der Waals surface area contributed by atoms with Crippen LogP contribution in [0.5, 0.6) is 0 Å². The van der Waals surface area contributed by atoms with Crippen LogP contribution in [-0.2, 0) is 48.0 Å². The first-order valence-corrected chi connectivity index (χ1v) is 13.8. The lowest BCUT2D eigenvalue weighted by atomic mass is 9.98. The highest BCUT2D eigenvalue weighted by molar-refractivity contribution is 5.90. The Hall–Kier alpha value is -3.11. The Kier molecular flexibility index (Phi) is 13.8. The molecule has 0 radical (unpaired) electrons. The van der Waals surface area contributed by atoms with Gasteiger partial charge in [-0.15, -0.1) is 0 Å². The summed E-state index contributed by atoms with van der Waals surface area (Å²) in [6.45, 7) is 8.92. The van der Waals surface area contributed by atoms with Crippen molar-refractivity contribution in [3.05, 3.63) is 45.0 Å². The minimum atomic E-state index is -0.425. The van der Waals surface area contributed by atoms with Crippen LogP contribution < -0.4 is 0 Å². The molecule has 2 N–H and O–H groups in total. The van der Waals surface area contributed by atoms with Crippen molar-refractivity contribution >= 4 is 17.9 Å². The Labute approximate surface area is 231 Å². The monoisotopic (exact) mass is 548 g/mol. The normalized spacial score (nSPS) is 11.0. The number of rotatable bonds is 18. The van der Waals surface area contributed by atoms with Gasteiger partial charge in [-0.3, -0.25) is 4.79 Å². The van der Waals surface area contributed by atoms with Gasteiger partial charge in [-0.2, -0.15) is 0 Å². The summed E-state index contributed by atoms with van der Waals surface area (Å²) in [7, 11) is 2.82. The quantitative estimate of drug-likeness (QED) is 0.0867. The molecule has 10 heteroatoms. The zero-order valence-electron chi connectivity index (χ0n) is 24.3. The van der Waals surface area contributed by atoms with Crippen LogP contribution in [0.4, 0.5) is 0 Å². The Balaban J connectivity index is 2.45. The molecule has 2 rings (SSSR count). The van der Waals surface area contributed by atoms with Gasteiger partial charge in [0, 0.05) is 24.2 Å². The highest BCUT2D eigenvalue weighted by Gasteiger charge is 2.25. The molecule has 0 aliphatic rings. The summed E-state index contributed by atoms with van der Waals surface area (Å²) >= 11 is 0. The molecule has 39 heavy (non-hydrogen) atoms. The summed E-state index contributed by atoms with van der Waals surface area (Å²) in [5.74, 6) is -1.15. The molecule has 0 bridgehead atoms. The fraction of sp³-hybridized carbons (Fsp3) is 0.621. The van der Waals surface area contributed by atoms with Crippen molar-refractivity contribution in [2.45, 2.75) is 85.5 Å². The third-order valence-electron chi connectivity index (χ3n) is 6.74. The first kappa shape index (κ1) is 32.1.